The van der Waals surface area contributed by atoms with Crippen LogP contribution >= 0.6 is 11.3 Å². The van der Waals surface area contributed by atoms with Gasteiger partial charge >= 0.3 is 5.97 Å². The van der Waals surface area contributed by atoms with E-state index < -0.39 is 5.97 Å². The average molecular weight is 307 g/mol. The highest BCUT2D eigenvalue weighted by atomic mass is 32.1. The Labute approximate surface area is 124 Å². The van der Waals surface area contributed by atoms with Gasteiger partial charge in [-0.05, 0) is 11.4 Å². The highest BCUT2D eigenvalue weighted by molar-refractivity contribution is 7.10. The molecule has 3 heterocycles. The van der Waals surface area contributed by atoms with Crippen molar-refractivity contribution < 1.29 is 23.8 Å². The molecule has 1 N–H and O–H groups in total. The Bertz CT molecular complexity index is 648. The second-order valence-corrected chi connectivity index (χ2v) is 5.61. The number of thiophene rings is 1. The Balaban J connectivity index is 1.73. The van der Waals surface area contributed by atoms with Crippen LogP contribution in [-0.4, -0.2) is 41.6 Å². The van der Waals surface area contributed by atoms with Crippen LogP contribution in [0.1, 0.15) is 31.9 Å². The first-order valence-corrected chi connectivity index (χ1v) is 7.29. The molecule has 0 aliphatic carbocycles. The largest absolute Gasteiger partial charge is 0.478 e. The minimum atomic E-state index is -1.11. The molecule has 0 radical (unpaired) electrons. The number of nitrogens with zero attached hydrogens (tertiary/aromatic N) is 1. The van der Waals surface area contributed by atoms with Crippen LogP contribution in [0.4, 0.5) is 0 Å². The number of morpholine rings is 1. The summed E-state index contributed by atoms with van der Waals surface area (Å²) in [6, 6.07) is 5.16. The molecule has 0 saturated carbocycles. The van der Waals surface area contributed by atoms with Crippen molar-refractivity contribution in [3.63, 3.8) is 0 Å². The molecule has 1 atom stereocenters. The lowest BCUT2D eigenvalue weighted by Crippen LogP contribution is -2.42. The maximum atomic E-state index is 12.3. The molecule has 6 nitrogen and oxygen atoms in total. The second-order valence-electron chi connectivity index (χ2n) is 4.63. The molecular formula is C14H13NO5S. The van der Waals surface area contributed by atoms with E-state index in [0.29, 0.717) is 19.7 Å². The molecule has 2 aromatic heterocycles. The minimum absolute atomic E-state index is 0.0265. The Morgan fingerprint density at radius 3 is 2.95 bits per heavy atom. The van der Waals surface area contributed by atoms with Crippen LogP contribution in [0.25, 0.3) is 0 Å². The Morgan fingerprint density at radius 2 is 2.29 bits per heavy atom. The topological polar surface area (TPSA) is 80.0 Å². The number of amides is 1. The maximum absolute atomic E-state index is 12.3. The van der Waals surface area contributed by atoms with Gasteiger partial charge in [0.2, 0.25) is 0 Å². The van der Waals surface area contributed by atoms with Crippen LogP contribution in [0.2, 0.25) is 0 Å². The number of furan rings is 1. The van der Waals surface area contributed by atoms with Gasteiger partial charge in [0, 0.05) is 17.5 Å². The molecule has 21 heavy (non-hydrogen) atoms. The van der Waals surface area contributed by atoms with Gasteiger partial charge < -0.3 is 19.2 Å². The number of aromatic carboxylic acids is 1. The summed E-state index contributed by atoms with van der Waals surface area (Å²) in [5.74, 6) is -1.39. The molecular weight excluding hydrogens is 294 g/mol. The number of carboxylic acid groups (broad SMARTS) is 1. The van der Waals surface area contributed by atoms with Crippen molar-refractivity contribution in [2.75, 3.05) is 19.7 Å². The zero-order valence-electron chi connectivity index (χ0n) is 11.0. The number of hydrogen-bond donors (Lipinski definition) is 1. The highest BCUT2D eigenvalue weighted by Gasteiger charge is 2.28. The van der Waals surface area contributed by atoms with Crippen LogP contribution < -0.4 is 0 Å². The van der Waals surface area contributed by atoms with Gasteiger partial charge in [0.25, 0.3) is 5.91 Å². The highest BCUT2D eigenvalue weighted by Crippen LogP contribution is 2.27. The fourth-order valence-corrected chi connectivity index (χ4v) is 2.96. The third-order valence-corrected chi connectivity index (χ3v) is 4.24. The monoisotopic (exact) mass is 307 g/mol. The Kier molecular flexibility index (Phi) is 3.76. The number of carbonyl (C=O) groups is 2. The zero-order valence-corrected chi connectivity index (χ0v) is 11.8. The summed E-state index contributed by atoms with van der Waals surface area (Å²) >= 11 is 1.58. The quantitative estimate of drug-likeness (QED) is 0.940. The molecule has 1 aliphatic heterocycles. The van der Waals surface area contributed by atoms with Gasteiger partial charge in [0.05, 0.1) is 18.7 Å². The van der Waals surface area contributed by atoms with Crippen molar-refractivity contribution in [3.8, 4) is 0 Å². The summed E-state index contributed by atoms with van der Waals surface area (Å²) < 4.78 is 10.7. The summed E-state index contributed by atoms with van der Waals surface area (Å²) in [6.07, 6.45) is 0.934. The molecule has 0 spiro atoms. The van der Waals surface area contributed by atoms with Crippen molar-refractivity contribution in [1.82, 2.24) is 4.90 Å². The molecule has 7 heteroatoms. The first-order chi connectivity index (χ1) is 10.1. The van der Waals surface area contributed by atoms with Crippen molar-refractivity contribution in [2.45, 2.75) is 6.10 Å². The lowest BCUT2D eigenvalue weighted by atomic mass is 10.2. The number of rotatable bonds is 3. The number of ether oxygens (including phenoxy) is 1. The number of carboxylic acids is 1. The third kappa shape index (κ3) is 2.84. The predicted molar refractivity (Wildman–Crippen MR) is 74.6 cm³/mol. The second kappa shape index (κ2) is 5.71. The van der Waals surface area contributed by atoms with E-state index in [1.165, 1.54) is 6.07 Å². The van der Waals surface area contributed by atoms with E-state index in [-0.39, 0.29) is 23.3 Å². The first kappa shape index (κ1) is 13.8. The van der Waals surface area contributed by atoms with Gasteiger partial charge in [-0.15, -0.1) is 11.3 Å². The third-order valence-electron chi connectivity index (χ3n) is 3.27. The van der Waals surface area contributed by atoms with Gasteiger partial charge in [-0.1, -0.05) is 6.07 Å². The normalized spacial score (nSPS) is 18.7. The minimum Gasteiger partial charge on any atom is -0.478 e. The van der Waals surface area contributed by atoms with Crippen LogP contribution in [0, 0.1) is 0 Å². The molecule has 0 bridgehead atoms. The van der Waals surface area contributed by atoms with Gasteiger partial charge in [-0.25, -0.2) is 4.79 Å². The van der Waals surface area contributed by atoms with Crippen LogP contribution in [0.3, 0.4) is 0 Å². The van der Waals surface area contributed by atoms with Crippen molar-refractivity contribution in [1.29, 1.82) is 0 Å². The van der Waals surface area contributed by atoms with Gasteiger partial charge in [0.1, 0.15) is 12.4 Å². The van der Waals surface area contributed by atoms with Crippen LogP contribution in [0.5, 0.6) is 0 Å². The molecule has 1 fully saturated rings. The SMILES string of the molecule is O=C(O)c1coc(C(=O)N2CCOC(c3cccs3)C2)c1. The lowest BCUT2D eigenvalue weighted by Gasteiger charge is -2.31. The molecule has 2 aromatic rings. The van der Waals surface area contributed by atoms with Crippen molar-refractivity contribution in [3.05, 3.63) is 46.0 Å². The van der Waals surface area contributed by atoms with Gasteiger partial charge in [0.15, 0.2) is 5.76 Å². The van der Waals surface area contributed by atoms with E-state index in [2.05, 4.69) is 0 Å². The van der Waals surface area contributed by atoms with E-state index in [9.17, 15) is 9.59 Å². The lowest BCUT2D eigenvalue weighted by molar-refractivity contribution is -0.0221. The standard InChI is InChI=1S/C14H13NO5S/c16-13(10-6-9(8-20-10)14(17)18)15-3-4-19-11(7-15)12-2-1-5-21-12/h1-2,5-6,8,11H,3-4,7H2,(H,17,18). The summed E-state index contributed by atoms with van der Waals surface area (Å²) in [6.45, 7) is 1.34. The number of carbonyl (C=O) groups excluding carboxylic acids is 1. The predicted octanol–water partition coefficient (Wildman–Crippen LogP) is 2.25. The molecule has 3 rings (SSSR count). The maximum Gasteiger partial charge on any atom is 0.338 e. The summed E-state index contributed by atoms with van der Waals surface area (Å²) in [4.78, 5) is 25.8. The van der Waals surface area contributed by atoms with E-state index in [1.54, 1.807) is 16.2 Å². The van der Waals surface area contributed by atoms with Crippen molar-refractivity contribution in [2.24, 2.45) is 0 Å². The first-order valence-electron chi connectivity index (χ1n) is 6.41. The molecule has 1 unspecified atom stereocenters. The molecule has 1 amide bonds. The summed E-state index contributed by atoms with van der Waals surface area (Å²) in [5.41, 5.74) is -0.0265. The fourth-order valence-electron chi connectivity index (χ4n) is 2.20. The fraction of sp³-hybridized carbons (Fsp3) is 0.286. The molecule has 110 valence electrons. The van der Waals surface area contributed by atoms with E-state index in [0.717, 1.165) is 11.1 Å². The number of hydrogen-bond acceptors (Lipinski definition) is 5. The van der Waals surface area contributed by atoms with Crippen LogP contribution in [0.15, 0.2) is 34.3 Å². The molecule has 0 aromatic carbocycles. The molecule has 1 aliphatic rings. The van der Waals surface area contributed by atoms with Crippen LogP contribution in [-0.2, 0) is 4.74 Å². The molecule has 1 saturated heterocycles. The Morgan fingerprint density at radius 1 is 1.43 bits per heavy atom. The van der Waals surface area contributed by atoms with E-state index in [1.807, 2.05) is 17.5 Å². The van der Waals surface area contributed by atoms with Gasteiger partial charge in [-0.2, -0.15) is 0 Å². The smallest absolute Gasteiger partial charge is 0.338 e. The van der Waals surface area contributed by atoms with Gasteiger partial charge in [-0.3, -0.25) is 4.79 Å². The van der Waals surface area contributed by atoms with E-state index >= 15 is 0 Å². The summed E-state index contributed by atoms with van der Waals surface area (Å²) in [7, 11) is 0. The Hall–Kier alpha value is -2.12. The van der Waals surface area contributed by atoms with E-state index in [4.69, 9.17) is 14.3 Å². The summed E-state index contributed by atoms with van der Waals surface area (Å²) in [5, 5.41) is 10.8. The van der Waals surface area contributed by atoms with Crippen molar-refractivity contribution >= 4 is 23.2 Å². The zero-order chi connectivity index (χ0) is 14.8. The average Bonchev–Trinajstić information content (AvgIpc) is 3.18.